The fraction of sp³-hybridized carbons (Fsp3) is 0.385. The molecule has 88 valence electrons. The Labute approximate surface area is 108 Å². The van der Waals surface area contributed by atoms with Gasteiger partial charge in [0.05, 0.1) is 5.52 Å². The maximum atomic E-state index is 8.31. The molecule has 1 aromatic carbocycles. The molecule has 1 aliphatic rings. The molecule has 0 saturated carbocycles. The fourth-order valence-electron chi connectivity index (χ4n) is 2.43. The molecule has 0 fully saturated rings. The molecule has 1 aliphatic heterocycles. The second-order valence-corrected chi connectivity index (χ2v) is 5.42. The van der Waals surface area contributed by atoms with Crippen LogP contribution < -0.4 is 5.49 Å². The first-order valence-corrected chi connectivity index (χ1v) is 6.78. The van der Waals surface area contributed by atoms with Crippen LogP contribution in [0.15, 0.2) is 22.7 Å². The lowest BCUT2D eigenvalue weighted by Crippen LogP contribution is -2.24. The van der Waals surface area contributed by atoms with Crippen LogP contribution in [0.1, 0.15) is 25.1 Å². The van der Waals surface area contributed by atoms with Crippen LogP contribution in [0, 0.1) is 5.41 Å². The topological polar surface area (TPSA) is 41.7 Å². The van der Waals surface area contributed by atoms with Gasteiger partial charge in [-0.05, 0) is 31.0 Å². The lowest BCUT2D eigenvalue weighted by Gasteiger charge is -2.11. The number of nitrogens with one attached hydrogen (secondary N) is 1. The average Bonchev–Trinajstić information content (AvgIpc) is 2.56. The number of rotatable bonds is 0. The van der Waals surface area contributed by atoms with Gasteiger partial charge in [0.15, 0.2) is 0 Å². The SMILES string of the molecule is N=c1c2cc(Br)ccc2nc2n1CCCCC2. The Bertz CT molecular complexity index is 630. The number of halogens is 1. The smallest absolute Gasteiger partial charge is 0.135 e. The van der Waals surface area contributed by atoms with Gasteiger partial charge in [-0.25, -0.2) is 4.98 Å². The third-order valence-electron chi connectivity index (χ3n) is 3.33. The molecule has 0 unspecified atom stereocenters. The minimum absolute atomic E-state index is 0.605. The molecule has 0 amide bonds. The minimum atomic E-state index is 0.605. The number of aromatic nitrogens is 2. The molecule has 3 nitrogen and oxygen atoms in total. The van der Waals surface area contributed by atoms with Gasteiger partial charge in [0.25, 0.3) is 0 Å². The van der Waals surface area contributed by atoms with Crippen LogP contribution in [0.3, 0.4) is 0 Å². The van der Waals surface area contributed by atoms with Gasteiger partial charge in [0.1, 0.15) is 11.3 Å². The molecule has 0 saturated heterocycles. The first-order chi connectivity index (χ1) is 8.25. The molecule has 17 heavy (non-hydrogen) atoms. The summed E-state index contributed by atoms with van der Waals surface area (Å²) in [4.78, 5) is 4.70. The van der Waals surface area contributed by atoms with Crippen LogP contribution in [0.4, 0.5) is 0 Å². The maximum Gasteiger partial charge on any atom is 0.135 e. The third kappa shape index (κ3) is 1.90. The van der Waals surface area contributed by atoms with Crippen molar-refractivity contribution in [3.8, 4) is 0 Å². The summed E-state index contributed by atoms with van der Waals surface area (Å²) in [7, 11) is 0. The van der Waals surface area contributed by atoms with Gasteiger partial charge in [-0.15, -0.1) is 0 Å². The highest BCUT2D eigenvalue weighted by Crippen LogP contribution is 2.18. The maximum absolute atomic E-state index is 8.31. The molecule has 2 heterocycles. The summed E-state index contributed by atoms with van der Waals surface area (Å²) in [5.74, 6) is 1.07. The zero-order valence-corrected chi connectivity index (χ0v) is 11.1. The quantitative estimate of drug-likeness (QED) is 0.797. The largest absolute Gasteiger partial charge is 0.314 e. The number of nitrogens with zero attached hydrogens (tertiary/aromatic N) is 2. The Hall–Kier alpha value is -1.16. The molecule has 4 heteroatoms. The van der Waals surface area contributed by atoms with Crippen molar-refractivity contribution >= 4 is 26.8 Å². The van der Waals surface area contributed by atoms with Crippen molar-refractivity contribution in [3.05, 3.63) is 34.0 Å². The lowest BCUT2D eigenvalue weighted by molar-refractivity contribution is 0.602. The molecule has 1 N–H and O–H groups in total. The van der Waals surface area contributed by atoms with Gasteiger partial charge >= 0.3 is 0 Å². The van der Waals surface area contributed by atoms with E-state index in [-0.39, 0.29) is 0 Å². The molecule has 0 atom stereocenters. The van der Waals surface area contributed by atoms with E-state index in [1.54, 1.807) is 0 Å². The van der Waals surface area contributed by atoms with Crippen molar-refractivity contribution in [2.75, 3.05) is 0 Å². The summed E-state index contributed by atoms with van der Waals surface area (Å²) in [6.07, 6.45) is 4.58. The van der Waals surface area contributed by atoms with Gasteiger partial charge in [0.2, 0.25) is 0 Å². The molecular weight excluding hydrogens is 278 g/mol. The summed E-state index contributed by atoms with van der Waals surface area (Å²) < 4.78 is 3.08. The summed E-state index contributed by atoms with van der Waals surface area (Å²) >= 11 is 3.46. The van der Waals surface area contributed by atoms with Crippen LogP contribution in [0.5, 0.6) is 0 Å². The van der Waals surface area contributed by atoms with Crippen LogP contribution in [0.25, 0.3) is 10.9 Å². The molecule has 0 spiro atoms. The number of fused-ring (bicyclic) bond motifs is 2. The average molecular weight is 292 g/mol. The van der Waals surface area contributed by atoms with Crippen molar-refractivity contribution in [2.45, 2.75) is 32.2 Å². The Morgan fingerprint density at radius 3 is 3.00 bits per heavy atom. The predicted molar refractivity (Wildman–Crippen MR) is 70.8 cm³/mol. The van der Waals surface area contributed by atoms with E-state index in [1.807, 2.05) is 18.2 Å². The Morgan fingerprint density at radius 1 is 1.24 bits per heavy atom. The van der Waals surface area contributed by atoms with E-state index in [0.29, 0.717) is 5.49 Å². The zero-order chi connectivity index (χ0) is 11.8. The number of hydrogen-bond donors (Lipinski definition) is 1. The highest BCUT2D eigenvalue weighted by molar-refractivity contribution is 9.10. The summed E-state index contributed by atoms with van der Waals surface area (Å²) in [6.45, 7) is 0.934. The van der Waals surface area contributed by atoms with Crippen molar-refractivity contribution in [3.63, 3.8) is 0 Å². The summed E-state index contributed by atoms with van der Waals surface area (Å²) in [5, 5.41) is 9.25. The lowest BCUT2D eigenvalue weighted by atomic mass is 10.2. The second-order valence-electron chi connectivity index (χ2n) is 4.50. The molecule has 0 bridgehead atoms. The normalized spacial score (nSPS) is 15.6. The van der Waals surface area contributed by atoms with Crippen molar-refractivity contribution in [2.24, 2.45) is 0 Å². The van der Waals surface area contributed by atoms with Gasteiger partial charge in [0, 0.05) is 22.8 Å². The van der Waals surface area contributed by atoms with E-state index < -0.39 is 0 Å². The van der Waals surface area contributed by atoms with Gasteiger partial charge in [-0.1, -0.05) is 22.4 Å². The summed E-state index contributed by atoms with van der Waals surface area (Å²) in [6, 6.07) is 5.97. The first-order valence-electron chi connectivity index (χ1n) is 5.99. The molecule has 2 aromatic rings. The first kappa shape index (κ1) is 11.0. The van der Waals surface area contributed by atoms with E-state index in [9.17, 15) is 0 Å². The monoisotopic (exact) mass is 291 g/mol. The Morgan fingerprint density at radius 2 is 2.12 bits per heavy atom. The highest BCUT2D eigenvalue weighted by Gasteiger charge is 2.11. The van der Waals surface area contributed by atoms with E-state index in [1.165, 1.54) is 12.8 Å². The molecule has 3 rings (SSSR count). The second kappa shape index (κ2) is 4.26. The number of benzene rings is 1. The Kier molecular flexibility index (Phi) is 2.74. The highest BCUT2D eigenvalue weighted by atomic mass is 79.9. The van der Waals surface area contributed by atoms with Crippen LogP contribution in [-0.2, 0) is 13.0 Å². The van der Waals surface area contributed by atoms with E-state index >= 15 is 0 Å². The van der Waals surface area contributed by atoms with Gasteiger partial charge in [-0.2, -0.15) is 0 Å². The molecule has 0 radical (unpaired) electrons. The fourth-order valence-corrected chi connectivity index (χ4v) is 2.79. The third-order valence-corrected chi connectivity index (χ3v) is 3.82. The van der Waals surface area contributed by atoms with Gasteiger partial charge in [-0.3, -0.25) is 5.41 Å². The zero-order valence-electron chi connectivity index (χ0n) is 9.54. The summed E-state index contributed by atoms with van der Waals surface area (Å²) in [5.41, 5.74) is 1.54. The van der Waals surface area contributed by atoms with Crippen molar-refractivity contribution < 1.29 is 0 Å². The standard InChI is InChI=1S/C13H14BrN3/c14-9-5-6-11-10(8-9)13(15)17-7-3-1-2-4-12(17)16-11/h5-6,8,15H,1-4,7H2. The molecule has 1 aromatic heterocycles. The number of hydrogen-bond acceptors (Lipinski definition) is 2. The van der Waals surface area contributed by atoms with Crippen LogP contribution in [0.2, 0.25) is 0 Å². The molecule has 0 aliphatic carbocycles. The molecular formula is C13H14BrN3. The van der Waals surface area contributed by atoms with E-state index in [0.717, 1.165) is 40.6 Å². The number of aryl methyl sites for hydroxylation is 1. The van der Waals surface area contributed by atoms with Gasteiger partial charge < -0.3 is 4.57 Å². The Balaban J connectivity index is 2.33. The van der Waals surface area contributed by atoms with E-state index in [2.05, 4.69) is 20.5 Å². The van der Waals surface area contributed by atoms with Crippen molar-refractivity contribution in [1.29, 1.82) is 5.41 Å². The predicted octanol–water partition coefficient (Wildman–Crippen LogP) is 3.00. The van der Waals surface area contributed by atoms with Crippen molar-refractivity contribution in [1.82, 2.24) is 9.55 Å². The van der Waals surface area contributed by atoms with Crippen LogP contribution in [-0.4, -0.2) is 9.55 Å². The van der Waals surface area contributed by atoms with E-state index in [4.69, 9.17) is 10.4 Å². The minimum Gasteiger partial charge on any atom is -0.314 e. The van der Waals surface area contributed by atoms with Crippen LogP contribution >= 0.6 is 15.9 Å².